The molecule has 3 rings (SSSR count). The van der Waals surface area contributed by atoms with Gasteiger partial charge in [0.2, 0.25) is 5.88 Å². The molecule has 1 aromatic heterocycles. The van der Waals surface area contributed by atoms with Gasteiger partial charge < -0.3 is 15.8 Å². The van der Waals surface area contributed by atoms with E-state index in [2.05, 4.69) is 33.5 Å². The fraction of sp³-hybridized carbons (Fsp3) is 0.375. The van der Waals surface area contributed by atoms with Crippen molar-refractivity contribution in [2.75, 3.05) is 17.7 Å². The summed E-state index contributed by atoms with van der Waals surface area (Å²) in [5.74, 6) is 1.03. The van der Waals surface area contributed by atoms with E-state index in [9.17, 15) is 0 Å². The average Bonchev–Trinajstić information content (AvgIpc) is 2.96. The number of hydrogen-bond acceptors (Lipinski definition) is 5. The van der Waals surface area contributed by atoms with Crippen LogP contribution < -0.4 is 15.8 Å². The molecule has 1 heterocycles. The molecule has 1 aliphatic rings. The van der Waals surface area contributed by atoms with E-state index in [4.69, 9.17) is 10.5 Å². The standard InChI is InChI=1S/C16H20N4O/c1-2-8-21-16-14(17)15(18-10-19-16)20-13-7-6-11-4-3-5-12(11)9-13/h6-7,9-10H,2-5,8,17H2,1H3,(H,18,19,20). The number of anilines is 3. The Hall–Kier alpha value is -2.30. The van der Waals surface area contributed by atoms with E-state index in [1.165, 1.54) is 30.3 Å². The van der Waals surface area contributed by atoms with Crippen molar-refractivity contribution in [2.45, 2.75) is 32.6 Å². The Labute approximate surface area is 124 Å². The van der Waals surface area contributed by atoms with Gasteiger partial charge in [-0.2, -0.15) is 4.98 Å². The number of nitrogens with zero attached hydrogens (tertiary/aromatic N) is 2. The van der Waals surface area contributed by atoms with Crippen molar-refractivity contribution in [2.24, 2.45) is 0 Å². The smallest absolute Gasteiger partial charge is 0.242 e. The van der Waals surface area contributed by atoms with Crippen molar-refractivity contribution in [1.82, 2.24) is 9.97 Å². The number of fused-ring (bicyclic) bond motifs is 1. The summed E-state index contributed by atoms with van der Waals surface area (Å²) in [6.07, 6.45) is 5.95. The Balaban J connectivity index is 1.81. The van der Waals surface area contributed by atoms with Crippen LogP contribution in [0.2, 0.25) is 0 Å². The highest BCUT2D eigenvalue weighted by atomic mass is 16.5. The first-order chi connectivity index (χ1) is 10.3. The molecule has 0 unspecified atom stereocenters. The van der Waals surface area contributed by atoms with Crippen LogP contribution in [0.5, 0.6) is 5.88 Å². The molecule has 3 N–H and O–H groups in total. The zero-order chi connectivity index (χ0) is 14.7. The van der Waals surface area contributed by atoms with Crippen LogP contribution in [0.15, 0.2) is 24.5 Å². The first-order valence-corrected chi connectivity index (χ1v) is 7.40. The Morgan fingerprint density at radius 2 is 2.10 bits per heavy atom. The number of rotatable bonds is 5. The highest BCUT2D eigenvalue weighted by Gasteiger charge is 2.13. The molecule has 0 saturated heterocycles. The van der Waals surface area contributed by atoms with Crippen molar-refractivity contribution < 1.29 is 4.74 Å². The lowest BCUT2D eigenvalue weighted by Crippen LogP contribution is -2.06. The lowest BCUT2D eigenvalue weighted by molar-refractivity contribution is 0.307. The molecule has 0 aliphatic heterocycles. The van der Waals surface area contributed by atoms with Crippen LogP contribution in [-0.4, -0.2) is 16.6 Å². The highest BCUT2D eigenvalue weighted by Crippen LogP contribution is 2.30. The zero-order valence-electron chi connectivity index (χ0n) is 12.2. The topological polar surface area (TPSA) is 73.1 Å². The summed E-state index contributed by atoms with van der Waals surface area (Å²) in [7, 11) is 0. The zero-order valence-corrected chi connectivity index (χ0v) is 12.2. The van der Waals surface area contributed by atoms with Crippen LogP contribution in [0.25, 0.3) is 0 Å². The van der Waals surface area contributed by atoms with Crippen molar-refractivity contribution >= 4 is 17.2 Å². The molecular weight excluding hydrogens is 264 g/mol. The molecule has 5 heteroatoms. The van der Waals surface area contributed by atoms with Crippen molar-refractivity contribution in [3.05, 3.63) is 35.7 Å². The van der Waals surface area contributed by atoms with E-state index in [1.54, 1.807) is 0 Å². The molecule has 0 spiro atoms. The lowest BCUT2D eigenvalue weighted by atomic mass is 10.1. The van der Waals surface area contributed by atoms with Crippen LogP contribution in [0.4, 0.5) is 17.2 Å². The quantitative estimate of drug-likeness (QED) is 0.882. The lowest BCUT2D eigenvalue weighted by Gasteiger charge is -2.12. The Bertz CT molecular complexity index is 642. The van der Waals surface area contributed by atoms with Gasteiger partial charge in [0, 0.05) is 5.69 Å². The Morgan fingerprint density at radius 3 is 2.95 bits per heavy atom. The van der Waals surface area contributed by atoms with E-state index in [-0.39, 0.29) is 0 Å². The molecule has 0 bridgehead atoms. The maximum Gasteiger partial charge on any atom is 0.242 e. The second kappa shape index (κ2) is 5.99. The number of hydrogen-bond donors (Lipinski definition) is 2. The van der Waals surface area contributed by atoms with Crippen LogP contribution in [0, 0.1) is 0 Å². The van der Waals surface area contributed by atoms with Crippen molar-refractivity contribution in [3.63, 3.8) is 0 Å². The second-order valence-corrected chi connectivity index (χ2v) is 5.25. The van der Waals surface area contributed by atoms with E-state index in [0.29, 0.717) is 24.0 Å². The minimum Gasteiger partial charge on any atom is -0.476 e. The summed E-state index contributed by atoms with van der Waals surface area (Å²) in [5, 5.41) is 3.26. The van der Waals surface area contributed by atoms with Gasteiger partial charge in [-0.25, -0.2) is 4.98 Å². The third-order valence-electron chi connectivity index (χ3n) is 3.65. The van der Waals surface area contributed by atoms with Crippen LogP contribution in [0.1, 0.15) is 30.9 Å². The third-order valence-corrected chi connectivity index (χ3v) is 3.65. The fourth-order valence-corrected chi connectivity index (χ4v) is 2.58. The third kappa shape index (κ3) is 2.91. The van der Waals surface area contributed by atoms with Gasteiger partial charge in [0.1, 0.15) is 12.0 Å². The maximum atomic E-state index is 6.07. The molecule has 1 aromatic carbocycles. The van der Waals surface area contributed by atoms with Crippen LogP contribution in [-0.2, 0) is 12.8 Å². The van der Waals surface area contributed by atoms with Gasteiger partial charge in [0.05, 0.1) is 6.61 Å². The number of aromatic nitrogens is 2. The number of nitrogen functional groups attached to an aromatic ring is 1. The summed E-state index contributed by atoms with van der Waals surface area (Å²) in [6.45, 7) is 2.64. The van der Waals surface area contributed by atoms with Gasteiger partial charge in [0.15, 0.2) is 5.82 Å². The molecule has 110 valence electrons. The monoisotopic (exact) mass is 284 g/mol. The summed E-state index contributed by atoms with van der Waals surface area (Å²) < 4.78 is 5.52. The molecule has 0 amide bonds. The predicted molar refractivity (Wildman–Crippen MR) is 84.0 cm³/mol. The van der Waals surface area contributed by atoms with E-state index < -0.39 is 0 Å². The highest BCUT2D eigenvalue weighted by molar-refractivity contribution is 5.72. The summed E-state index contributed by atoms with van der Waals surface area (Å²) >= 11 is 0. The van der Waals surface area contributed by atoms with E-state index in [0.717, 1.165) is 18.5 Å². The second-order valence-electron chi connectivity index (χ2n) is 5.25. The Kier molecular flexibility index (Phi) is 3.90. The van der Waals surface area contributed by atoms with Crippen LogP contribution in [0.3, 0.4) is 0 Å². The van der Waals surface area contributed by atoms with E-state index >= 15 is 0 Å². The van der Waals surface area contributed by atoms with Gasteiger partial charge in [-0.1, -0.05) is 13.0 Å². The normalized spacial score (nSPS) is 13.0. The van der Waals surface area contributed by atoms with Gasteiger partial charge >= 0.3 is 0 Å². The number of benzene rings is 1. The largest absolute Gasteiger partial charge is 0.476 e. The first-order valence-electron chi connectivity index (χ1n) is 7.40. The van der Waals surface area contributed by atoms with E-state index in [1.807, 2.05) is 6.92 Å². The summed E-state index contributed by atoms with van der Waals surface area (Å²) in [4.78, 5) is 8.29. The van der Waals surface area contributed by atoms with Crippen molar-refractivity contribution in [3.8, 4) is 5.88 Å². The van der Waals surface area contributed by atoms with Gasteiger partial charge in [-0.3, -0.25) is 0 Å². The number of aryl methyl sites for hydroxylation is 2. The molecule has 0 radical (unpaired) electrons. The molecule has 2 aromatic rings. The average molecular weight is 284 g/mol. The first kappa shape index (κ1) is 13.7. The summed E-state index contributed by atoms with van der Waals surface area (Å²) in [6, 6.07) is 6.42. The molecule has 5 nitrogen and oxygen atoms in total. The SMILES string of the molecule is CCCOc1ncnc(Nc2ccc3c(c2)CCC3)c1N. The van der Waals surface area contributed by atoms with Gasteiger partial charge in [-0.05, 0) is 48.9 Å². The fourth-order valence-electron chi connectivity index (χ4n) is 2.58. The molecule has 21 heavy (non-hydrogen) atoms. The number of nitrogens with one attached hydrogen (secondary N) is 1. The number of nitrogens with two attached hydrogens (primary N) is 1. The molecule has 1 aliphatic carbocycles. The van der Waals surface area contributed by atoms with Gasteiger partial charge in [0.25, 0.3) is 0 Å². The summed E-state index contributed by atoms with van der Waals surface area (Å²) in [5.41, 5.74) is 10.4. The number of ether oxygens (including phenoxy) is 1. The minimum absolute atomic E-state index is 0.440. The van der Waals surface area contributed by atoms with Gasteiger partial charge in [-0.15, -0.1) is 0 Å². The maximum absolute atomic E-state index is 6.07. The molecular formula is C16H20N4O. The molecule has 0 fully saturated rings. The predicted octanol–water partition coefficient (Wildman–Crippen LogP) is 3.08. The van der Waals surface area contributed by atoms with Crippen LogP contribution >= 0.6 is 0 Å². The van der Waals surface area contributed by atoms with Crippen molar-refractivity contribution in [1.29, 1.82) is 0 Å². The minimum atomic E-state index is 0.440. The Morgan fingerprint density at radius 1 is 1.24 bits per heavy atom. The molecule has 0 atom stereocenters. The molecule has 0 saturated carbocycles.